The number of esters is 1. The lowest BCUT2D eigenvalue weighted by molar-refractivity contribution is -0.133. The molecule has 0 aromatic heterocycles. The van der Waals surface area contributed by atoms with E-state index in [1.165, 1.54) is 0 Å². The van der Waals surface area contributed by atoms with Crippen LogP contribution < -0.4 is 0 Å². The van der Waals surface area contributed by atoms with Gasteiger partial charge in [0.05, 0.1) is 0 Å². The molecule has 2 heteroatoms. The van der Waals surface area contributed by atoms with E-state index < -0.39 is 0 Å². The zero-order valence-electron chi connectivity index (χ0n) is 6.35. The highest BCUT2D eigenvalue weighted by molar-refractivity contribution is 5.94. The van der Waals surface area contributed by atoms with Crippen LogP contribution >= 0.6 is 0 Å². The van der Waals surface area contributed by atoms with Crippen LogP contribution in [-0.2, 0) is 9.53 Å². The summed E-state index contributed by atoms with van der Waals surface area (Å²) in [6.07, 6.45) is 4.13. The third-order valence-corrected chi connectivity index (χ3v) is 2.27. The van der Waals surface area contributed by atoms with E-state index in [1.807, 2.05) is 0 Å². The first-order chi connectivity index (χ1) is 5.29. The quantitative estimate of drug-likeness (QED) is 0.493. The number of ether oxygens (including phenoxy) is 1. The van der Waals surface area contributed by atoms with E-state index in [9.17, 15) is 4.79 Å². The fourth-order valence-electron chi connectivity index (χ4n) is 1.67. The molecule has 1 aliphatic heterocycles. The zero-order chi connectivity index (χ0) is 7.84. The van der Waals surface area contributed by atoms with Gasteiger partial charge in [0.25, 0.3) is 0 Å². The molecule has 0 radical (unpaired) electrons. The number of carbonyl (C=O) groups is 1. The fourth-order valence-corrected chi connectivity index (χ4v) is 1.67. The van der Waals surface area contributed by atoms with Gasteiger partial charge < -0.3 is 4.74 Å². The third-order valence-electron chi connectivity index (χ3n) is 2.27. The minimum atomic E-state index is -0.162. The van der Waals surface area contributed by atoms with Crippen molar-refractivity contribution in [2.75, 3.05) is 0 Å². The van der Waals surface area contributed by atoms with Crippen molar-refractivity contribution in [3.63, 3.8) is 0 Å². The normalized spacial score (nSPS) is 23.6. The second-order valence-electron chi connectivity index (χ2n) is 2.98. The number of hydrogen-bond acceptors (Lipinski definition) is 2. The van der Waals surface area contributed by atoms with Gasteiger partial charge in [-0.15, -0.1) is 0 Å². The number of carbonyl (C=O) groups excluding carboxylic acids is 1. The first-order valence-electron chi connectivity index (χ1n) is 3.92. The van der Waals surface area contributed by atoms with Gasteiger partial charge in [-0.2, -0.15) is 0 Å². The molecule has 0 spiro atoms. The maximum Gasteiger partial charge on any atom is 0.339 e. The Hall–Kier alpha value is -1.05. The van der Waals surface area contributed by atoms with Gasteiger partial charge in [0, 0.05) is 11.1 Å². The van der Waals surface area contributed by atoms with Crippen LogP contribution in [0.2, 0.25) is 0 Å². The van der Waals surface area contributed by atoms with Gasteiger partial charge in [0.15, 0.2) is 0 Å². The van der Waals surface area contributed by atoms with Crippen LogP contribution in [0.25, 0.3) is 0 Å². The van der Waals surface area contributed by atoms with Crippen molar-refractivity contribution in [1.82, 2.24) is 0 Å². The Bertz CT molecular complexity index is 235. The molecular formula is C9H10O2. The summed E-state index contributed by atoms with van der Waals surface area (Å²) in [4.78, 5) is 11.1. The molecule has 2 rings (SSSR count). The van der Waals surface area contributed by atoms with Crippen molar-refractivity contribution in [1.29, 1.82) is 0 Å². The molecule has 0 aromatic carbocycles. The van der Waals surface area contributed by atoms with E-state index in [0.717, 1.165) is 36.8 Å². The average molecular weight is 150 g/mol. The topological polar surface area (TPSA) is 26.3 Å². The summed E-state index contributed by atoms with van der Waals surface area (Å²) in [6, 6.07) is 0. The van der Waals surface area contributed by atoms with E-state index in [0.29, 0.717) is 5.76 Å². The van der Waals surface area contributed by atoms with Crippen molar-refractivity contribution in [2.45, 2.75) is 25.7 Å². The van der Waals surface area contributed by atoms with Crippen LogP contribution in [0.3, 0.4) is 0 Å². The standard InChI is InChI=1S/C9H10O2/c1-6-7-4-2-3-5-8(7)9(10)11-6/h1-5H2. The monoisotopic (exact) mass is 150 g/mol. The Morgan fingerprint density at radius 3 is 2.45 bits per heavy atom. The lowest BCUT2D eigenvalue weighted by Crippen LogP contribution is -2.01. The summed E-state index contributed by atoms with van der Waals surface area (Å²) in [5.41, 5.74) is 1.95. The summed E-state index contributed by atoms with van der Waals surface area (Å²) in [5, 5.41) is 0. The summed E-state index contributed by atoms with van der Waals surface area (Å²) in [6.45, 7) is 3.69. The Labute approximate surface area is 65.5 Å². The van der Waals surface area contributed by atoms with Gasteiger partial charge in [-0.1, -0.05) is 6.58 Å². The lowest BCUT2D eigenvalue weighted by Gasteiger charge is -2.08. The van der Waals surface area contributed by atoms with Gasteiger partial charge in [-0.3, -0.25) is 0 Å². The van der Waals surface area contributed by atoms with Gasteiger partial charge in [0.2, 0.25) is 0 Å². The highest BCUT2D eigenvalue weighted by Gasteiger charge is 2.29. The Balaban J connectivity index is 2.40. The van der Waals surface area contributed by atoms with Crippen LogP contribution in [0.4, 0.5) is 0 Å². The van der Waals surface area contributed by atoms with Gasteiger partial charge in [0.1, 0.15) is 5.76 Å². The van der Waals surface area contributed by atoms with Crippen molar-refractivity contribution in [3.05, 3.63) is 23.5 Å². The molecule has 0 bridgehead atoms. The van der Waals surface area contributed by atoms with Crippen molar-refractivity contribution in [3.8, 4) is 0 Å². The molecule has 0 amide bonds. The highest BCUT2D eigenvalue weighted by Crippen LogP contribution is 2.35. The van der Waals surface area contributed by atoms with E-state index in [-0.39, 0.29) is 5.97 Å². The maximum absolute atomic E-state index is 11.1. The minimum Gasteiger partial charge on any atom is -0.423 e. The summed E-state index contributed by atoms with van der Waals surface area (Å²) in [7, 11) is 0. The Kier molecular flexibility index (Phi) is 1.34. The second-order valence-corrected chi connectivity index (χ2v) is 2.98. The van der Waals surface area contributed by atoms with Crippen LogP contribution in [0, 0.1) is 0 Å². The predicted octanol–water partition coefficient (Wildman–Crippen LogP) is 1.93. The summed E-state index contributed by atoms with van der Waals surface area (Å²) >= 11 is 0. The zero-order valence-corrected chi connectivity index (χ0v) is 6.35. The molecule has 0 N–H and O–H groups in total. The van der Waals surface area contributed by atoms with E-state index in [2.05, 4.69) is 6.58 Å². The largest absolute Gasteiger partial charge is 0.423 e. The molecule has 58 valence electrons. The van der Waals surface area contributed by atoms with Gasteiger partial charge in [-0.25, -0.2) is 4.79 Å². The molecule has 1 aliphatic carbocycles. The van der Waals surface area contributed by atoms with Gasteiger partial charge >= 0.3 is 5.97 Å². The summed E-state index contributed by atoms with van der Waals surface area (Å²) in [5.74, 6) is 0.425. The highest BCUT2D eigenvalue weighted by atomic mass is 16.5. The average Bonchev–Trinajstić information content (AvgIpc) is 2.30. The van der Waals surface area contributed by atoms with Gasteiger partial charge in [-0.05, 0) is 25.7 Å². The molecule has 11 heavy (non-hydrogen) atoms. The third kappa shape index (κ3) is 0.897. The molecule has 0 unspecified atom stereocenters. The second kappa shape index (κ2) is 2.22. The molecule has 0 saturated heterocycles. The van der Waals surface area contributed by atoms with E-state index >= 15 is 0 Å². The number of cyclic esters (lactones) is 1. The Morgan fingerprint density at radius 1 is 1.18 bits per heavy atom. The summed E-state index contributed by atoms with van der Waals surface area (Å²) < 4.78 is 4.90. The van der Waals surface area contributed by atoms with Crippen molar-refractivity contribution in [2.24, 2.45) is 0 Å². The number of rotatable bonds is 0. The molecule has 0 saturated carbocycles. The number of allylic oxidation sites excluding steroid dienone is 1. The smallest absolute Gasteiger partial charge is 0.339 e. The van der Waals surface area contributed by atoms with Crippen molar-refractivity contribution >= 4 is 5.97 Å². The van der Waals surface area contributed by atoms with Crippen LogP contribution in [0.5, 0.6) is 0 Å². The molecule has 0 aromatic rings. The first-order valence-corrected chi connectivity index (χ1v) is 3.92. The maximum atomic E-state index is 11.1. The SMILES string of the molecule is C=C1OC(=O)C2=C1CCCC2. The van der Waals surface area contributed by atoms with Crippen LogP contribution in [-0.4, -0.2) is 5.97 Å². The molecule has 1 heterocycles. The van der Waals surface area contributed by atoms with Crippen LogP contribution in [0.15, 0.2) is 23.5 Å². The Morgan fingerprint density at radius 2 is 1.82 bits per heavy atom. The lowest BCUT2D eigenvalue weighted by atomic mass is 9.93. The van der Waals surface area contributed by atoms with Crippen molar-refractivity contribution < 1.29 is 9.53 Å². The fraction of sp³-hybridized carbons (Fsp3) is 0.444. The molecular weight excluding hydrogens is 140 g/mol. The molecule has 2 aliphatic rings. The minimum absolute atomic E-state index is 0.162. The predicted molar refractivity (Wildman–Crippen MR) is 40.7 cm³/mol. The molecule has 0 atom stereocenters. The van der Waals surface area contributed by atoms with E-state index in [1.54, 1.807) is 0 Å². The number of hydrogen-bond donors (Lipinski definition) is 0. The van der Waals surface area contributed by atoms with E-state index in [4.69, 9.17) is 4.74 Å². The van der Waals surface area contributed by atoms with Crippen LogP contribution in [0.1, 0.15) is 25.7 Å². The first kappa shape index (κ1) is 6.65. The molecule has 0 fully saturated rings. The molecule has 2 nitrogen and oxygen atoms in total.